The number of unbranched alkanes of at least 4 members (excludes halogenated alkanes) is 1. The average Bonchev–Trinajstić information content (AvgIpc) is 3.24. The summed E-state index contributed by atoms with van der Waals surface area (Å²) in [4.78, 5) is 17.8. The highest BCUT2D eigenvalue weighted by Gasteiger charge is 2.15. The van der Waals surface area contributed by atoms with Gasteiger partial charge in [0.25, 0.3) is 0 Å². The largest absolute Gasteiger partial charge is 0.494 e. The maximum Gasteiger partial charge on any atom is 0.365 e. The predicted molar refractivity (Wildman–Crippen MR) is 121 cm³/mol. The molecule has 156 valence electrons. The molecule has 1 heterocycles. The number of nitrogens with zero attached hydrogens (tertiary/aromatic N) is 1. The van der Waals surface area contributed by atoms with Crippen molar-refractivity contribution in [2.75, 3.05) is 6.61 Å². The lowest BCUT2D eigenvalue weighted by atomic mass is 10.1. The monoisotopic (exact) mass is 413 g/mol. The van der Waals surface area contributed by atoms with E-state index < -0.39 is 5.97 Å². The normalized spacial score (nSPS) is 11.5. The fourth-order valence-corrected chi connectivity index (χ4v) is 3.10. The minimum atomic E-state index is -0.551. The Morgan fingerprint density at radius 2 is 1.65 bits per heavy atom. The molecule has 5 nitrogen and oxygen atoms in total. The SMILES string of the molecule is CCCCOc1ccc(C(=O)O/N=C(\c2ccccc2)c2cc3ccccc3o2)cc1. The lowest BCUT2D eigenvalue weighted by Crippen LogP contribution is -2.07. The van der Waals surface area contributed by atoms with Crippen LogP contribution in [0.1, 0.15) is 41.4 Å². The van der Waals surface area contributed by atoms with Gasteiger partial charge in [-0.25, -0.2) is 4.79 Å². The quantitative estimate of drug-likeness (QED) is 0.149. The van der Waals surface area contributed by atoms with Crippen molar-refractivity contribution in [3.63, 3.8) is 0 Å². The van der Waals surface area contributed by atoms with E-state index in [2.05, 4.69) is 12.1 Å². The second kappa shape index (κ2) is 9.76. The van der Waals surface area contributed by atoms with E-state index in [1.807, 2.05) is 60.7 Å². The standard InChI is InChI=1S/C26H23NO4/c1-2-3-17-29-22-15-13-20(14-16-22)26(28)31-27-25(19-9-5-4-6-10-19)24-18-21-11-7-8-12-23(21)30-24/h4-16,18H,2-3,17H2,1H3/b27-25+. The van der Waals surface area contributed by atoms with Gasteiger partial charge in [0.15, 0.2) is 11.5 Å². The molecule has 3 aromatic carbocycles. The van der Waals surface area contributed by atoms with Crippen molar-refractivity contribution in [3.8, 4) is 5.75 Å². The maximum atomic E-state index is 12.6. The molecular formula is C26H23NO4. The predicted octanol–water partition coefficient (Wildman–Crippen LogP) is 6.22. The van der Waals surface area contributed by atoms with Gasteiger partial charge in [0, 0.05) is 10.9 Å². The first-order valence-electron chi connectivity index (χ1n) is 10.3. The van der Waals surface area contributed by atoms with Crippen LogP contribution in [-0.2, 0) is 4.84 Å². The van der Waals surface area contributed by atoms with Crippen molar-refractivity contribution in [2.45, 2.75) is 19.8 Å². The van der Waals surface area contributed by atoms with Crippen molar-refractivity contribution in [2.24, 2.45) is 5.16 Å². The third-order valence-corrected chi connectivity index (χ3v) is 4.78. The third-order valence-electron chi connectivity index (χ3n) is 4.78. The Bertz CT molecular complexity index is 1140. The molecule has 5 heteroatoms. The molecule has 0 radical (unpaired) electrons. The van der Waals surface area contributed by atoms with Crippen LogP contribution in [0.2, 0.25) is 0 Å². The summed E-state index contributed by atoms with van der Waals surface area (Å²) < 4.78 is 11.6. The maximum absolute atomic E-state index is 12.6. The zero-order valence-corrected chi connectivity index (χ0v) is 17.3. The summed E-state index contributed by atoms with van der Waals surface area (Å²) >= 11 is 0. The first-order valence-corrected chi connectivity index (χ1v) is 10.3. The van der Waals surface area contributed by atoms with Gasteiger partial charge in [-0.05, 0) is 42.8 Å². The Hall–Kier alpha value is -3.86. The van der Waals surface area contributed by atoms with Crippen molar-refractivity contribution in [1.82, 2.24) is 0 Å². The van der Waals surface area contributed by atoms with E-state index in [1.54, 1.807) is 24.3 Å². The van der Waals surface area contributed by atoms with Crippen molar-refractivity contribution >= 4 is 22.7 Å². The topological polar surface area (TPSA) is 61.0 Å². The van der Waals surface area contributed by atoms with Gasteiger partial charge >= 0.3 is 5.97 Å². The molecule has 0 spiro atoms. The second-order valence-corrected chi connectivity index (χ2v) is 7.06. The molecule has 0 aliphatic heterocycles. The van der Waals surface area contributed by atoms with E-state index in [0.717, 1.165) is 35.1 Å². The van der Waals surface area contributed by atoms with Crippen LogP contribution in [0.15, 0.2) is 94.5 Å². The molecule has 0 bridgehead atoms. The lowest BCUT2D eigenvalue weighted by molar-refractivity contribution is 0.0516. The summed E-state index contributed by atoms with van der Waals surface area (Å²) in [7, 11) is 0. The Morgan fingerprint density at radius 3 is 2.39 bits per heavy atom. The number of ether oxygens (including phenoxy) is 1. The number of hydrogen-bond donors (Lipinski definition) is 0. The number of rotatable bonds is 8. The molecule has 0 fully saturated rings. The van der Waals surface area contributed by atoms with Gasteiger partial charge in [0.1, 0.15) is 11.3 Å². The number of oxime groups is 1. The summed E-state index contributed by atoms with van der Waals surface area (Å²) in [6.07, 6.45) is 2.06. The highest BCUT2D eigenvalue weighted by molar-refractivity contribution is 6.12. The Morgan fingerprint density at radius 1 is 0.903 bits per heavy atom. The number of hydrogen-bond acceptors (Lipinski definition) is 5. The number of fused-ring (bicyclic) bond motifs is 1. The van der Waals surface area contributed by atoms with E-state index in [1.165, 1.54) is 0 Å². The molecule has 0 atom stereocenters. The molecule has 0 saturated heterocycles. The first-order chi connectivity index (χ1) is 15.2. The molecule has 0 unspecified atom stereocenters. The Labute approximate surface area is 180 Å². The Kier molecular flexibility index (Phi) is 6.43. The van der Waals surface area contributed by atoms with Crippen LogP contribution >= 0.6 is 0 Å². The fraction of sp³-hybridized carbons (Fsp3) is 0.154. The third kappa shape index (κ3) is 5.01. The summed E-state index contributed by atoms with van der Waals surface area (Å²) in [5.41, 5.74) is 2.37. The number of carbonyl (C=O) groups excluding carboxylic acids is 1. The second-order valence-electron chi connectivity index (χ2n) is 7.06. The van der Waals surface area contributed by atoms with Crippen molar-refractivity contribution in [3.05, 3.63) is 102 Å². The first kappa shape index (κ1) is 20.4. The van der Waals surface area contributed by atoms with Crippen LogP contribution in [0.5, 0.6) is 5.75 Å². The van der Waals surface area contributed by atoms with Gasteiger partial charge in [-0.3, -0.25) is 0 Å². The van der Waals surface area contributed by atoms with E-state index in [0.29, 0.717) is 23.6 Å². The molecule has 0 aliphatic rings. The van der Waals surface area contributed by atoms with E-state index in [4.69, 9.17) is 14.0 Å². The summed E-state index contributed by atoms with van der Waals surface area (Å²) in [6, 6.07) is 25.9. The van der Waals surface area contributed by atoms with Crippen LogP contribution < -0.4 is 4.74 Å². The molecule has 0 amide bonds. The van der Waals surface area contributed by atoms with Crippen LogP contribution in [-0.4, -0.2) is 18.3 Å². The van der Waals surface area contributed by atoms with E-state index >= 15 is 0 Å². The molecule has 0 N–H and O–H groups in total. The van der Waals surface area contributed by atoms with Gasteiger partial charge in [-0.15, -0.1) is 0 Å². The van der Waals surface area contributed by atoms with Gasteiger partial charge in [-0.1, -0.05) is 67.0 Å². The van der Waals surface area contributed by atoms with E-state index in [9.17, 15) is 4.79 Å². The van der Waals surface area contributed by atoms with Crippen LogP contribution in [0.3, 0.4) is 0 Å². The summed E-state index contributed by atoms with van der Waals surface area (Å²) in [5, 5.41) is 5.11. The molecule has 31 heavy (non-hydrogen) atoms. The van der Waals surface area contributed by atoms with Crippen LogP contribution in [0, 0.1) is 0 Å². The average molecular weight is 413 g/mol. The molecule has 0 aliphatic carbocycles. The summed E-state index contributed by atoms with van der Waals surface area (Å²) in [5.74, 6) is 0.699. The lowest BCUT2D eigenvalue weighted by Gasteiger charge is -2.06. The minimum Gasteiger partial charge on any atom is -0.494 e. The van der Waals surface area contributed by atoms with Crippen LogP contribution in [0.25, 0.3) is 11.0 Å². The zero-order chi connectivity index (χ0) is 21.5. The highest BCUT2D eigenvalue weighted by Crippen LogP contribution is 2.22. The van der Waals surface area contributed by atoms with Gasteiger partial charge in [0.05, 0.1) is 12.2 Å². The van der Waals surface area contributed by atoms with Crippen molar-refractivity contribution < 1.29 is 18.8 Å². The van der Waals surface area contributed by atoms with Gasteiger partial charge in [-0.2, -0.15) is 0 Å². The minimum absolute atomic E-state index is 0.392. The number of furan rings is 1. The number of para-hydroxylation sites is 1. The molecule has 0 saturated carbocycles. The molecule has 1 aromatic heterocycles. The molecular weight excluding hydrogens is 390 g/mol. The molecule has 4 aromatic rings. The van der Waals surface area contributed by atoms with Crippen molar-refractivity contribution in [1.29, 1.82) is 0 Å². The van der Waals surface area contributed by atoms with Gasteiger partial charge < -0.3 is 14.0 Å². The van der Waals surface area contributed by atoms with Gasteiger partial charge in [0.2, 0.25) is 0 Å². The smallest absolute Gasteiger partial charge is 0.365 e. The molecule has 4 rings (SSSR count). The summed E-state index contributed by atoms with van der Waals surface area (Å²) in [6.45, 7) is 2.76. The highest BCUT2D eigenvalue weighted by atomic mass is 16.7. The van der Waals surface area contributed by atoms with E-state index in [-0.39, 0.29) is 0 Å². The fourth-order valence-electron chi connectivity index (χ4n) is 3.10. The Balaban J connectivity index is 1.56. The van der Waals surface area contributed by atoms with Crippen LogP contribution in [0.4, 0.5) is 0 Å². The number of benzene rings is 3. The zero-order valence-electron chi connectivity index (χ0n) is 17.3. The number of carbonyl (C=O) groups is 1.